The zero-order valence-electron chi connectivity index (χ0n) is 13.3. The number of fused-ring (bicyclic) bond motifs is 1. The van der Waals surface area contributed by atoms with Gasteiger partial charge in [-0.1, -0.05) is 60.1 Å². The molecule has 0 radical (unpaired) electrons. The molecule has 24 heavy (non-hydrogen) atoms. The highest BCUT2D eigenvalue weighted by atomic mass is 35.5. The van der Waals surface area contributed by atoms with Crippen LogP contribution >= 0.6 is 11.6 Å². The van der Waals surface area contributed by atoms with Gasteiger partial charge in [-0.25, -0.2) is 0 Å². The van der Waals surface area contributed by atoms with Gasteiger partial charge in [0, 0.05) is 16.0 Å². The summed E-state index contributed by atoms with van der Waals surface area (Å²) in [4.78, 5) is 0. The second kappa shape index (κ2) is 7.21. The minimum atomic E-state index is 0.537. The number of halogens is 1. The van der Waals surface area contributed by atoms with Crippen molar-refractivity contribution < 1.29 is 4.74 Å². The molecular formula is C21H16ClNO. The molecule has 2 nitrogen and oxygen atoms in total. The number of benzene rings is 3. The largest absolute Gasteiger partial charge is 0.493 e. The van der Waals surface area contributed by atoms with Gasteiger partial charge < -0.3 is 4.74 Å². The van der Waals surface area contributed by atoms with Crippen LogP contribution in [0.15, 0.2) is 60.7 Å². The summed E-state index contributed by atoms with van der Waals surface area (Å²) in [5.41, 5.74) is 2.24. The van der Waals surface area contributed by atoms with E-state index in [1.807, 2.05) is 67.6 Å². The molecule has 3 aromatic carbocycles. The topological polar surface area (TPSA) is 33.0 Å². The predicted octanol–water partition coefficient (Wildman–Crippen LogP) is 5.96. The van der Waals surface area contributed by atoms with Gasteiger partial charge in [0.05, 0.1) is 18.2 Å². The molecule has 3 rings (SSSR count). The van der Waals surface area contributed by atoms with Gasteiger partial charge in [-0.15, -0.1) is 0 Å². The number of allylic oxidation sites excluding steroid dienone is 1. The first-order valence-electron chi connectivity index (χ1n) is 7.76. The van der Waals surface area contributed by atoms with Crippen LogP contribution in [0, 0.1) is 11.3 Å². The highest BCUT2D eigenvalue weighted by molar-refractivity contribution is 6.32. The normalized spacial score (nSPS) is 11.3. The van der Waals surface area contributed by atoms with Crippen LogP contribution in [0.1, 0.15) is 18.1 Å². The maximum atomic E-state index is 9.57. The van der Waals surface area contributed by atoms with E-state index in [4.69, 9.17) is 16.3 Å². The SMILES string of the molecule is CCOc1ccc(C=C(C#N)c2ccccc2Cl)c2ccccc12. The predicted molar refractivity (Wildman–Crippen MR) is 100 cm³/mol. The van der Waals surface area contributed by atoms with Crippen molar-refractivity contribution in [3.8, 4) is 11.8 Å². The van der Waals surface area contributed by atoms with E-state index in [9.17, 15) is 5.26 Å². The minimum absolute atomic E-state index is 0.537. The standard InChI is InChI=1S/C21H16ClNO/c1-2-24-21-12-11-15(17-7-3-4-9-19(17)21)13-16(14-23)18-8-5-6-10-20(18)22/h3-13H,2H2,1H3. The third-order valence-electron chi connectivity index (χ3n) is 3.80. The van der Waals surface area contributed by atoms with Crippen molar-refractivity contribution >= 4 is 34.0 Å². The Balaban J connectivity index is 2.18. The molecule has 0 saturated carbocycles. The van der Waals surface area contributed by atoms with Crippen LogP contribution in [-0.4, -0.2) is 6.61 Å². The molecule has 0 bridgehead atoms. The summed E-state index contributed by atoms with van der Waals surface area (Å²) < 4.78 is 5.70. The van der Waals surface area contributed by atoms with Crippen LogP contribution < -0.4 is 4.74 Å². The van der Waals surface area contributed by atoms with Crippen molar-refractivity contribution in [3.63, 3.8) is 0 Å². The summed E-state index contributed by atoms with van der Waals surface area (Å²) in [6, 6.07) is 21.6. The lowest BCUT2D eigenvalue weighted by atomic mass is 9.99. The molecule has 0 fully saturated rings. The first-order valence-corrected chi connectivity index (χ1v) is 8.13. The van der Waals surface area contributed by atoms with E-state index < -0.39 is 0 Å². The maximum Gasteiger partial charge on any atom is 0.127 e. The number of hydrogen-bond donors (Lipinski definition) is 0. The van der Waals surface area contributed by atoms with E-state index in [0.29, 0.717) is 17.2 Å². The molecule has 3 heteroatoms. The number of nitriles is 1. The van der Waals surface area contributed by atoms with E-state index in [1.165, 1.54) is 0 Å². The lowest BCUT2D eigenvalue weighted by molar-refractivity contribution is 0.344. The fraction of sp³-hybridized carbons (Fsp3) is 0.0952. The summed E-state index contributed by atoms with van der Waals surface area (Å²) in [6.45, 7) is 2.58. The molecule has 0 aliphatic rings. The fourth-order valence-electron chi connectivity index (χ4n) is 2.71. The van der Waals surface area contributed by atoms with Gasteiger partial charge in [-0.3, -0.25) is 0 Å². The molecule has 0 spiro atoms. The second-order valence-corrected chi connectivity index (χ2v) is 5.69. The molecule has 0 atom stereocenters. The maximum absolute atomic E-state index is 9.57. The summed E-state index contributed by atoms with van der Waals surface area (Å²) in [5, 5.41) is 12.2. The van der Waals surface area contributed by atoms with Crippen LogP contribution in [0.3, 0.4) is 0 Å². The lowest BCUT2D eigenvalue weighted by Gasteiger charge is -2.10. The Morgan fingerprint density at radius 1 is 1.04 bits per heavy atom. The van der Waals surface area contributed by atoms with Crippen molar-refractivity contribution in [1.29, 1.82) is 5.26 Å². The van der Waals surface area contributed by atoms with E-state index >= 15 is 0 Å². The second-order valence-electron chi connectivity index (χ2n) is 5.28. The number of ether oxygens (including phenoxy) is 1. The number of hydrogen-bond acceptors (Lipinski definition) is 2. The van der Waals surface area contributed by atoms with E-state index in [0.717, 1.165) is 27.6 Å². The molecule has 118 valence electrons. The Morgan fingerprint density at radius 2 is 1.75 bits per heavy atom. The molecule has 0 N–H and O–H groups in total. The van der Waals surface area contributed by atoms with Crippen molar-refractivity contribution in [3.05, 3.63) is 76.8 Å². The van der Waals surface area contributed by atoms with Crippen LogP contribution in [0.25, 0.3) is 22.4 Å². The molecule has 0 aliphatic heterocycles. The van der Waals surface area contributed by atoms with Crippen LogP contribution in [0.2, 0.25) is 5.02 Å². The summed E-state index contributed by atoms with van der Waals surface area (Å²) >= 11 is 6.24. The molecule has 0 unspecified atom stereocenters. The third kappa shape index (κ3) is 3.13. The highest BCUT2D eigenvalue weighted by Gasteiger charge is 2.09. The summed E-state index contributed by atoms with van der Waals surface area (Å²) in [5.74, 6) is 0.849. The summed E-state index contributed by atoms with van der Waals surface area (Å²) in [6.07, 6.45) is 1.87. The van der Waals surface area contributed by atoms with Gasteiger partial charge in [0.15, 0.2) is 0 Å². The third-order valence-corrected chi connectivity index (χ3v) is 4.13. The van der Waals surface area contributed by atoms with E-state index in [-0.39, 0.29) is 0 Å². The van der Waals surface area contributed by atoms with Crippen molar-refractivity contribution in [2.75, 3.05) is 6.61 Å². The van der Waals surface area contributed by atoms with Crippen LogP contribution in [-0.2, 0) is 0 Å². The van der Waals surface area contributed by atoms with Gasteiger partial charge in [0.25, 0.3) is 0 Å². The van der Waals surface area contributed by atoms with Gasteiger partial charge in [0.1, 0.15) is 5.75 Å². The van der Waals surface area contributed by atoms with Gasteiger partial charge in [-0.2, -0.15) is 5.26 Å². The fourth-order valence-corrected chi connectivity index (χ4v) is 2.94. The average Bonchev–Trinajstić information content (AvgIpc) is 2.62. The van der Waals surface area contributed by atoms with Gasteiger partial charge >= 0.3 is 0 Å². The zero-order valence-corrected chi connectivity index (χ0v) is 14.0. The van der Waals surface area contributed by atoms with Crippen LogP contribution in [0.5, 0.6) is 5.75 Å². The molecule has 3 aromatic rings. The van der Waals surface area contributed by atoms with Crippen LogP contribution in [0.4, 0.5) is 0 Å². The first kappa shape index (κ1) is 16.1. The van der Waals surface area contributed by atoms with Gasteiger partial charge in [-0.05, 0) is 36.1 Å². The Hall–Kier alpha value is -2.76. The first-order chi connectivity index (χ1) is 11.7. The monoisotopic (exact) mass is 333 g/mol. The molecular weight excluding hydrogens is 318 g/mol. The lowest BCUT2D eigenvalue weighted by Crippen LogP contribution is -1.93. The molecule has 0 saturated heterocycles. The smallest absolute Gasteiger partial charge is 0.127 e. The minimum Gasteiger partial charge on any atom is -0.493 e. The Bertz CT molecular complexity index is 953. The van der Waals surface area contributed by atoms with Gasteiger partial charge in [0.2, 0.25) is 0 Å². The number of nitrogens with zero attached hydrogens (tertiary/aromatic N) is 1. The molecule has 0 aromatic heterocycles. The summed E-state index contributed by atoms with van der Waals surface area (Å²) in [7, 11) is 0. The molecule has 0 aliphatic carbocycles. The highest BCUT2D eigenvalue weighted by Crippen LogP contribution is 2.32. The molecule has 0 heterocycles. The average molecular weight is 334 g/mol. The Morgan fingerprint density at radius 3 is 2.46 bits per heavy atom. The number of rotatable bonds is 4. The van der Waals surface area contributed by atoms with E-state index in [1.54, 1.807) is 6.07 Å². The Kier molecular flexibility index (Phi) is 4.84. The Labute approximate surface area is 146 Å². The van der Waals surface area contributed by atoms with E-state index in [2.05, 4.69) is 6.07 Å². The van der Waals surface area contributed by atoms with Crippen molar-refractivity contribution in [2.24, 2.45) is 0 Å². The van der Waals surface area contributed by atoms with Crippen molar-refractivity contribution in [2.45, 2.75) is 6.92 Å². The van der Waals surface area contributed by atoms with Crippen molar-refractivity contribution in [1.82, 2.24) is 0 Å². The quantitative estimate of drug-likeness (QED) is 0.436. The molecule has 0 amide bonds. The zero-order chi connectivity index (χ0) is 16.9.